The molecule has 1 amide bonds. The first-order chi connectivity index (χ1) is 13.1. The van der Waals surface area contributed by atoms with Gasteiger partial charge < -0.3 is 20.1 Å². The summed E-state index contributed by atoms with van der Waals surface area (Å²) in [4.78, 5) is 12.3. The molecule has 0 saturated carbocycles. The lowest BCUT2D eigenvalue weighted by atomic mass is 9.86. The fourth-order valence-electron chi connectivity index (χ4n) is 3.24. The molecule has 1 saturated heterocycles. The van der Waals surface area contributed by atoms with Crippen LogP contribution in [0.4, 0.5) is 8.78 Å². The number of nitrogens with one attached hydrogen (secondary N) is 2. The SMILES string of the molecule is COc1cccc(OCC(=O)NC2CNCCC2c2ccc(F)c(F)c2)c1. The average Bonchev–Trinajstić information content (AvgIpc) is 2.69. The summed E-state index contributed by atoms with van der Waals surface area (Å²) in [5.41, 5.74) is 0.675. The highest BCUT2D eigenvalue weighted by Gasteiger charge is 2.28. The maximum absolute atomic E-state index is 13.6. The molecule has 3 rings (SSSR count). The van der Waals surface area contributed by atoms with E-state index in [2.05, 4.69) is 10.6 Å². The first kappa shape index (κ1) is 19.1. The summed E-state index contributed by atoms with van der Waals surface area (Å²) in [5, 5.41) is 6.14. The zero-order valence-corrected chi connectivity index (χ0v) is 15.0. The summed E-state index contributed by atoms with van der Waals surface area (Å²) < 4.78 is 37.4. The van der Waals surface area contributed by atoms with Gasteiger partial charge in [-0.15, -0.1) is 0 Å². The van der Waals surface area contributed by atoms with Gasteiger partial charge in [-0.25, -0.2) is 8.78 Å². The molecule has 1 heterocycles. The molecule has 2 atom stereocenters. The molecule has 7 heteroatoms. The molecule has 2 unspecified atom stereocenters. The van der Waals surface area contributed by atoms with Gasteiger partial charge in [0.1, 0.15) is 11.5 Å². The van der Waals surface area contributed by atoms with Crippen molar-refractivity contribution in [2.75, 3.05) is 26.8 Å². The number of benzene rings is 2. The van der Waals surface area contributed by atoms with Gasteiger partial charge in [0.15, 0.2) is 18.2 Å². The Morgan fingerprint density at radius 1 is 1.19 bits per heavy atom. The second kappa shape index (κ2) is 8.81. The fourth-order valence-corrected chi connectivity index (χ4v) is 3.24. The average molecular weight is 376 g/mol. The Bertz CT molecular complexity index is 801. The van der Waals surface area contributed by atoms with Gasteiger partial charge in [-0.2, -0.15) is 0 Å². The van der Waals surface area contributed by atoms with Crippen molar-refractivity contribution in [1.82, 2.24) is 10.6 Å². The number of hydrogen-bond acceptors (Lipinski definition) is 4. The van der Waals surface area contributed by atoms with Crippen LogP contribution in [0.1, 0.15) is 17.9 Å². The predicted molar refractivity (Wildman–Crippen MR) is 97.0 cm³/mol. The predicted octanol–water partition coefficient (Wildman–Crippen LogP) is 2.61. The first-order valence-corrected chi connectivity index (χ1v) is 8.78. The molecule has 0 radical (unpaired) electrons. The lowest BCUT2D eigenvalue weighted by molar-refractivity contribution is -0.124. The van der Waals surface area contributed by atoms with Crippen LogP contribution in [-0.2, 0) is 4.79 Å². The molecule has 0 spiro atoms. The molecular weight excluding hydrogens is 354 g/mol. The van der Waals surface area contributed by atoms with Gasteiger partial charge in [-0.05, 0) is 42.8 Å². The molecule has 2 aromatic rings. The van der Waals surface area contributed by atoms with E-state index < -0.39 is 11.6 Å². The van der Waals surface area contributed by atoms with Crippen molar-refractivity contribution in [3.05, 3.63) is 59.7 Å². The normalized spacial score (nSPS) is 19.4. The number of carbonyl (C=O) groups is 1. The number of rotatable bonds is 6. The largest absolute Gasteiger partial charge is 0.497 e. The second-order valence-electron chi connectivity index (χ2n) is 6.41. The lowest BCUT2D eigenvalue weighted by Crippen LogP contribution is -2.51. The zero-order valence-electron chi connectivity index (χ0n) is 15.0. The minimum Gasteiger partial charge on any atom is -0.497 e. The first-order valence-electron chi connectivity index (χ1n) is 8.78. The third-order valence-electron chi connectivity index (χ3n) is 4.61. The molecule has 1 aliphatic heterocycles. The maximum Gasteiger partial charge on any atom is 0.258 e. The van der Waals surface area contributed by atoms with Crippen LogP contribution < -0.4 is 20.1 Å². The van der Waals surface area contributed by atoms with Crippen molar-refractivity contribution in [3.63, 3.8) is 0 Å². The van der Waals surface area contributed by atoms with Crippen LogP contribution in [0.5, 0.6) is 11.5 Å². The molecule has 27 heavy (non-hydrogen) atoms. The quantitative estimate of drug-likeness (QED) is 0.814. The number of carbonyl (C=O) groups excluding carboxylic acids is 1. The van der Waals surface area contributed by atoms with E-state index in [1.54, 1.807) is 37.4 Å². The Labute approximate surface area is 156 Å². The Morgan fingerprint density at radius 3 is 2.78 bits per heavy atom. The fraction of sp³-hybridized carbons (Fsp3) is 0.350. The van der Waals surface area contributed by atoms with Crippen LogP contribution >= 0.6 is 0 Å². The number of methoxy groups -OCH3 is 1. The zero-order chi connectivity index (χ0) is 19.2. The topological polar surface area (TPSA) is 59.6 Å². The Balaban J connectivity index is 1.61. The Hall–Kier alpha value is -2.67. The van der Waals surface area contributed by atoms with E-state index in [9.17, 15) is 13.6 Å². The summed E-state index contributed by atoms with van der Waals surface area (Å²) in [5.74, 6) is -0.954. The van der Waals surface area contributed by atoms with Crippen molar-refractivity contribution in [2.24, 2.45) is 0 Å². The minimum atomic E-state index is -0.877. The third-order valence-corrected chi connectivity index (χ3v) is 4.61. The summed E-state index contributed by atoms with van der Waals surface area (Å²) in [6, 6.07) is 10.7. The van der Waals surface area contributed by atoms with Crippen LogP contribution in [0, 0.1) is 11.6 Å². The van der Waals surface area contributed by atoms with E-state index in [0.717, 1.165) is 12.6 Å². The molecule has 0 aromatic heterocycles. The van der Waals surface area contributed by atoms with Crippen molar-refractivity contribution < 1.29 is 23.0 Å². The van der Waals surface area contributed by atoms with E-state index in [-0.39, 0.29) is 24.5 Å². The van der Waals surface area contributed by atoms with E-state index in [1.165, 1.54) is 6.07 Å². The Morgan fingerprint density at radius 2 is 2.00 bits per heavy atom. The summed E-state index contributed by atoms with van der Waals surface area (Å²) >= 11 is 0. The number of hydrogen-bond donors (Lipinski definition) is 2. The summed E-state index contributed by atoms with van der Waals surface area (Å²) in [6.45, 7) is 1.15. The molecule has 1 fully saturated rings. The highest BCUT2D eigenvalue weighted by molar-refractivity contribution is 5.78. The standard InChI is InChI=1S/C20H22F2N2O3/c1-26-14-3-2-4-15(10-14)27-12-20(25)24-19-11-23-8-7-16(19)13-5-6-17(21)18(22)9-13/h2-6,9-10,16,19,23H,7-8,11-12H2,1H3,(H,24,25). The van der Waals surface area contributed by atoms with Gasteiger partial charge in [0, 0.05) is 24.6 Å². The van der Waals surface area contributed by atoms with Crippen LogP contribution in [-0.4, -0.2) is 38.8 Å². The van der Waals surface area contributed by atoms with Gasteiger partial charge in [0.25, 0.3) is 5.91 Å². The van der Waals surface area contributed by atoms with Crippen molar-refractivity contribution in [3.8, 4) is 11.5 Å². The summed E-state index contributed by atoms with van der Waals surface area (Å²) in [7, 11) is 1.56. The lowest BCUT2D eigenvalue weighted by Gasteiger charge is -2.33. The number of ether oxygens (including phenoxy) is 2. The van der Waals surface area contributed by atoms with Crippen LogP contribution in [0.15, 0.2) is 42.5 Å². The van der Waals surface area contributed by atoms with Crippen molar-refractivity contribution in [2.45, 2.75) is 18.4 Å². The van der Waals surface area contributed by atoms with Crippen molar-refractivity contribution in [1.29, 1.82) is 0 Å². The van der Waals surface area contributed by atoms with E-state index in [1.807, 2.05) is 0 Å². The maximum atomic E-state index is 13.6. The van der Waals surface area contributed by atoms with E-state index >= 15 is 0 Å². The Kier molecular flexibility index (Phi) is 6.24. The summed E-state index contributed by atoms with van der Waals surface area (Å²) in [6.07, 6.45) is 0.715. The van der Waals surface area contributed by atoms with Crippen molar-refractivity contribution >= 4 is 5.91 Å². The van der Waals surface area contributed by atoms with Gasteiger partial charge in [-0.3, -0.25) is 4.79 Å². The second-order valence-corrected chi connectivity index (χ2v) is 6.41. The molecule has 1 aliphatic rings. The number of halogens is 2. The third kappa shape index (κ3) is 4.95. The van der Waals surface area contributed by atoms with Gasteiger partial charge in [-0.1, -0.05) is 12.1 Å². The highest BCUT2D eigenvalue weighted by Crippen LogP contribution is 2.27. The van der Waals surface area contributed by atoms with Crippen LogP contribution in [0.25, 0.3) is 0 Å². The van der Waals surface area contributed by atoms with Gasteiger partial charge in [0.2, 0.25) is 0 Å². The molecule has 0 bridgehead atoms. The molecule has 0 aliphatic carbocycles. The highest BCUT2D eigenvalue weighted by atomic mass is 19.2. The minimum absolute atomic E-state index is 0.0953. The number of piperidine rings is 1. The monoisotopic (exact) mass is 376 g/mol. The van der Waals surface area contributed by atoms with Gasteiger partial charge in [0.05, 0.1) is 7.11 Å². The molecule has 144 valence electrons. The van der Waals surface area contributed by atoms with E-state index in [0.29, 0.717) is 30.0 Å². The molecule has 5 nitrogen and oxygen atoms in total. The molecule has 2 aromatic carbocycles. The van der Waals surface area contributed by atoms with Crippen LogP contribution in [0.2, 0.25) is 0 Å². The smallest absolute Gasteiger partial charge is 0.258 e. The van der Waals surface area contributed by atoms with E-state index in [4.69, 9.17) is 9.47 Å². The molecule has 2 N–H and O–H groups in total. The molecular formula is C20H22F2N2O3. The number of amides is 1. The van der Waals surface area contributed by atoms with Crippen LogP contribution in [0.3, 0.4) is 0 Å². The van der Waals surface area contributed by atoms with Gasteiger partial charge >= 0.3 is 0 Å².